The molecule has 2 N–H and O–H groups in total. The number of nitrogens with one attached hydrogen (secondary N) is 1. The molecule has 6 heteroatoms. The fraction of sp³-hybridized carbons (Fsp3) is 0.643. The fourth-order valence-corrected chi connectivity index (χ4v) is 2.84. The van der Waals surface area contributed by atoms with Gasteiger partial charge >= 0.3 is 5.97 Å². The summed E-state index contributed by atoms with van der Waals surface area (Å²) in [5, 5.41) is 16.2. The summed E-state index contributed by atoms with van der Waals surface area (Å²) in [6, 6.07) is -0.0865. The van der Waals surface area contributed by atoms with E-state index in [-0.39, 0.29) is 18.0 Å². The van der Waals surface area contributed by atoms with Crippen LogP contribution in [0.3, 0.4) is 0 Å². The summed E-state index contributed by atoms with van der Waals surface area (Å²) in [5.74, 6) is -1.53. The molecule has 110 valence electrons. The number of nitrogens with zero attached hydrogens (tertiary/aromatic N) is 2. The van der Waals surface area contributed by atoms with Crippen LogP contribution in [0.2, 0.25) is 0 Å². The van der Waals surface area contributed by atoms with Gasteiger partial charge in [-0.2, -0.15) is 5.10 Å². The summed E-state index contributed by atoms with van der Waals surface area (Å²) in [4.78, 5) is 23.4. The molecular weight excluding hydrogens is 258 g/mol. The van der Waals surface area contributed by atoms with E-state index < -0.39 is 11.9 Å². The van der Waals surface area contributed by atoms with E-state index in [4.69, 9.17) is 5.11 Å². The first kappa shape index (κ1) is 14.6. The van der Waals surface area contributed by atoms with Crippen molar-refractivity contribution in [3.05, 3.63) is 17.5 Å². The van der Waals surface area contributed by atoms with Crippen molar-refractivity contribution in [1.82, 2.24) is 15.1 Å². The third kappa shape index (κ3) is 2.69. The predicted octanol–water partition coefficient (Wildman–Crippen LogP) is 1.76. The Bertz CT molecular complexity index is 522. The molecule has 1 fully saturated rings. The molecule has 0 bridgehead atoms. The fourth-order valence-electron chi connectivity index (χ4n) is 2.84. The molecular formula is C14H21N3O3. The Morgan fingerprint density at radius 1 is 1.45 bits per heavy atom. The number of rotatable bonds is 4. The number of aliphatic carboxylic acids is 1. The summed E-state index contributed by atoms with van der Waals surface area (Å²) >= 11 is 0. The van der Waals surface area contributed by atoms with Crippen LogP contribution in [0.5, 0.6) is 0 Å². The first-order valence-corrected chi connectivity index (χ1v) is 6.99. The molecule has 1 aromatic heterocycles. The lowest BCUT2D eigenvalue weighted by molar-refractivity contribution is -0.142. The third-order valence-electron chi connectivity index (χ3n) is 3.93. The maximum absolute atomic E-state index is 12.3. The minimum absolute atomic E-state index is 0.190. The number of carbonyl (C=O) groups excluding carboxylic acids is 1. The van der Waals surface area contributed by atoms with Gasteiger partial charge in [-0.05, 0) is 33.6 Å². The summed E-state index contributed by atoms with van der Waals surface area (Å²) in [6.45, 7) is 5.85. The van der Waals surface area contributed by atoms with Gasteiger partial charge in [0.1, 0.15) is 0 Å². The smallest absolute Gasteiger partial charge is 0.308 e. The Morgan fingerprint density at radius 2 is 2.15 bits per heavy atom. The average molecular weight is 279 g/mol. The Kier molecular flexibility index (Phi) is 4.11. The van der Waals surface area contributed by atoms with Gasteiger partial charge in [0.05, 0.1) is 17.7 Å². The molecule has 20 heavy (non-hydrogen) atoms. The van der Waals surface area contributed by atoms with Crippen molar-refractivity contribution >= 4 is 11.9 Å². The second-order valence-corrected chi connectivity index (χ2v) is 5.64. The maximum Gasteiger partial charge on any atom is 0.308 e. The van der Waals surface area contributed by atoms with E-state index in [1.54, 1.807) is 10.9 Å². The van der Waals surface area contributed by atoms with Crippen LogP contribution in [0.1, 0.15) is 55.2 Å². The molecule has 0 unspecified atom stereocenters. The largest absolute Gasteiger partial charge is 0.481 e. The van der Waals surface area contributed by atoms with Crippen LogP contribution < -0.4 is 5.32 Å². The van der Waals surface area contributed by atoms with Crippen molar-refractivity contribution in [3.8, 4) is 0 Å². The zero-order chi connectivity index (χ0) is 14.9. The number of amides is 1. The first-order chi connectivity index (χ1) is 9.41. The van der Waals surface area contributed by atoms with Gasteiger partial charge in [0.15, 0.2) is 0 Å². The number of carboxylic acid groups (broad SMARTS) is 1. The first-order valence-electron chi connectivity index (χ1n) is 6.99. The van der Waals surface area contributed by atoms with Crippen LogP contribution in [0.15, 0.2) is 6.20 Å². The van der Waals surface area contributed by atoms with E-state index in [0.29, 0.717) is 12.0 Å². The summed E-state index contributed by atoms with van der Waals surface area (Å²) in [6.07, 6.45) is 3.74. The molecule has 1 heterocycles. The average Bonchev–Trinajstić information content (AvgIpc) is 2.95. The quantitative estimate of drug-likeness (QED) is 0.879. The second-order valence-electron chi connectivity index (χ2n) is 5.64. The van der Waals surface area contributed by atoms with Gasteiger partial charge in [0.25, 0.3) is 5.91 Å². The molecule has 1 aromatic rings. The topological polar surface area (TPSA) is 84.2 Å². The Labute approximate surface area is 118 Å². The summed E-state index contributed by atoms with van der Waals surface area (Å²) in [5.41, 5.74) is 1.33. The number of hydrogen-bond acceptors (Lipinski definition) is 3. The van der Waals surface area contributed by atoms with E-state index in [1.165, 1.54) is 0 Å². The SMILES string of the molecule is Cc1c(C(=O)N[C@@H]2CCC[C@@H]2C(=O)O)cnn1C(C)C. The zero-order valence-corrected chi connectivity index (χ0v) is 12.1. The highest BCUT2D eigenvalue weighted by atomic mass is 16.4. The minimum atomic E-state index is -0.831. The minimum Gasteiger partial charge on any atom is -0.481 e. The highest BCUT2D eigenvalue weighted by molar-refractivity contribution is 5.95. The summed E-state index contributed by atoms with van der Waals surface area (Å²) in [7, 11) is 0. The van der Waals surface area contributed by atoms with Crippen LogP contribution in [0.4, 0.5) is 0 Å². The van der Waals surface area contributed by atoms with Gasteiger partial charge in [-0.1, -0.05) is 6.42 Å². The van der Waals surface area contributed by atoms with Crippen molar-refractivity contribution in [1.29, 1.82) is 0 Å². The van der Waals surface area contributed by atoms with Gasteiger partial charge in [-0.25, -0.2) is 0 Å². The monoisotopic (exact) mass is 279 g/mol. The predicted molar refractivity (Wildman–Crippen MR) is 73.6 cm³/mol. The lowest BCUT2D eigenvalue weighted by atomic mass is 10.0. The highest BCUT2D eigenvalue weighted by Crippen LogP contribution is 2.26. The van der Waals surface area contributed by atoms with Crippen molar-refractivity contribution < 1.29 is 14.7 Å². The van der Waals surface area contributed by atoms with E-state index in [0.717, 1.165) is 18.5 Å². The number of carboxylic acids is 1. The van der Waals surface area contributed by atoms with Crippen molar-refractivity contribution in [2.45, 2.75) is 52.1 Å². The molecule has 0 spiro atoms. The van der Waals surface area contributed by atoms with Crippen molar-refractivity contribution in [2.24, 2.45) is 5.92 Å². The van der Waals surface area contributed by atoms with Gasteiger partial charge in [0.2, 0.25) is 0 Å². The van der Waals surface area contributed by atoms with Crippen LogP contribution >= 0.6 is 0 Å². The van der Waals surface area contributed by atoms with Gasteiger partial charge < -0.3 is 10.4 Å². The zero-order valence-electron chi connectivity index (χ0n) is 12.1. The highest BCUT2D eigenvalue weighted by Gasteiger charge is 2.34. The molecule has 1 amide bonds. The Morgan fingerprint density at radius 3 is 2.70 bits per heavy atom. The van der Waals surface area contributed by atoms with Gasteiger partial charge in [-0.15, -0.1) is 0 Å². The van der Waals surface area contributed by atoms with Crippen LogP contribution in [-0.2, 0) is 4.79 Å². The van der Waals surface area contributed by atoms with Crippen LogP contribution in [0, 0.1) is 12.8 Å². The van der Waals surface area contributed by atoms with Crippen molar-refractivity contribution in [3.63, 3.8) is 0 Å². The van der Waals surface area contributed by atoms with E-state index in [1.807, 2.05) is 20.8 Å². The standard InChI is InChI=1S/C14H21N3O3/c1-8(2)17-9(3)11(7-15-17)13(18)16-12-6-4-5-10(12)14(19)20/h7-8,10,12H,4-6H2,1-3H3,(H,16,18)(H,19,20)/t10-,12+/m0/s1. The molecule has 1 aliphatic carbocycles. The van der Waals surface area contributed by atoms with Gasteiger partial charge in [-0.3, -0.25) is 14.3 Å². The molecule has 0 aromatic carbocycles. The molecule has 1 aliphatic rings. The van der Waals surface area contributed by atoms with E-state index in [2.05, 4.69) is 10.4 Å². The normalized spacial score (nSPS) is 22.2. The Hall–Kier alpha value is -1.85. The summed E-state index contributed by atoms with van der Waals surface area (Å²) < 4.78 is 1.79. The van der Waals surface area contributed by atoms with Crippen LogP contribution in [0.25, 0.3) is 0 Å². The van der Waals surface area contributed by atoms with Gasteiger partial charge in [0, 0.05) is 17.8 Å². The molecule has 1 saturated carbocycles. The number of aromatic nitrogens is 2. The van der Waals surface area contributed by atoms with Crippen molar-refractivity contribution in [2.75, 3.05) is 0 Å². The van der Waals surface area contributed by atoms with E-state index >= 15 is 0 Å². The molecule has 0 aliphatic heterocycles. The Balaban J connectivity index is 2.11. The molecule has 6 nitrogen and oxygen atoms in total. The second kappa shape index (κ2) is 5.64. The maximum atomic E-state index is 12.3. The lowest BCUT2D eigenvalue weighted by Gasteiger charge is -2.17. The lowest BCUT2D eigenvalue weighted by Crippen LogP contribution is -2.40. The molecule has 2 atom stereocenters. The molecule has 0 saturated heterocycles. The third-order valence-corrected chi connectivity index (χ3v) is 3.93. The van der Waals surface area contributed by atoms with Crippen LogP contribution in [-0.4, -0.2) is 32.8 Å². The van der Waals surface area contributed by atoms with E-state index in [9.17, 15) is 9.59 Å². The molecule has 2 rings (SSSR count). The number of carbonyl (C=O) groups is 2. The number of hydrogen-bond donors (Lipinski definition) is 2. The molecule has 0 radical (unpaired) electrons.